The van der Waals surface area contributed by atoms with Gasteiger partial charge in [0.25, 0.3) is 5.69 Å². The minimum Gasteiger partial charge on any atom is -0.379 e. The summed E-state index contributed by atoms with van der Waals surface area (Å²) in [5.41, 5.74) is 0.0275. The van der Waals surface area contributed by atoms with Gasteiger partial charge in [-0.25, -0.2) is 4.39 Å². The molecule has 0 aromatic heterocycles. The Morgan fingerprint density at radius 3 is 2.68 bits per heavy atom. The summed E-state index contributed by atoms with van der Waals surface area (Å²) >= 11 is 5.57. The fraction of sp³-hybridized carbons (Fsp3) is 0.538. The Bertz CT molecular complexity index is 476. The first-order chi connectivity index (χ1) is 9.08. The highest BCUT2D eigenvalue weighted by molar-refractivity contribution is 6.31. The van der Waals surface area contributed by atoms with Gasteiger partial charge < -0.3 is 5.32 Å². The third-order valence-electron chi connectivity index (χ3n) is 3.54. The Labute approximate surface area is 116 Å². The van der Waals surface area contributed by atoms with Gasteiger partial charge in [-0.2, -0.15) is 0 Å². The van der Waals surface area contributed by atoms with E-state index in [4.69, 9.17) is 11.6 Å². The van der Waals surface area contributed by atoms with Gasteiger partial charge in [0, 0.05) is 18.7 Å². The van der Waals surface area contributed by atoms with Gasteiger partial charge >= 0.3 is 0 Å². The van der Waals surface area contributed by atoms with Gasteiger partial charge in [-0.05, 0) is 18.8 Å². The summed E-state index contributed by atoms with van der Waals surface area (Å²) in [7, 11) is 0. The van der Waals surface area contributed by atoms with Crippen molar-refractivity contribution in [2.45, 2.75) is 32.1 Å². The summed E-state index contributed by atoms with van der Waals surface area (Å²) in [4.78, 5) is 10.4. The Hall–Kier alpha value is -1.36. The number of rotatable bonds is 4. The van der Waals surface area contributed by atoms with Crippen molar-refractivity contribution in [3.63, 3.8) is 0 Å². The average Bonchev–Trinajstić information content (AvgIpc) is 2.40. The van der Waals surface area contributed by atoms with Gasteiger partial charge in [0.2, 0.25) is 0 Å². The standard InChI is InChI=1S/C13H16ClFN2O2/c14-10-6-13(17(18)19)12(7-11(10)15)16-8-9-4-2-1-3-5-9/h6-7,9,16H,1-5,8H2. The summed E-state index contributed by atoms with van der Waals surface area (Å²) in [6.07, 6.45) is 5.90. The van der Waals surface area contributed by atoms with Crippen molar-refractivity contribution in [3.05, 3.63) is 33.1 Å². The van der Waals surface area contributed by atoms with E-state index in [1.54, 1.807) is 0 Å². The largest absolute Gasteiger partial charge is 0.379 e. The second kappa shape index (κ2) is 6.19. The maximum Gasteiger partial charge on any atom is 0.294 e. The topological polar surface area (TPSA) is 55.2 Å². The monoisotopic (exact) mass is 286 g/mol. The first-order valence-electron chi connectivity index (χ1n) is 6.45. The summed E-state index contributed by atoms with van der Waals surface area (Å²) < 4.78 is 13.4. The highest BCUT2D eigenvalue weighted by Gasteiger charge is 2.19. The SMILES string of the molecule is O=[N+]([O-])c1cc(Cl)c(F)cc1NCC1CCCCC1. The van der Waals surface area contributed by atoms with E-state index in [0.29, 0.717) is 12.5 Å². The van der Waals surface area contributed by atoms with Crippen molar-refractivity contribution in [1.82, 2.24) is 0 Å². The van der Waals surface area contributed by atoms with E-state index in [1.807, 2.05) is 0 Å². The second-order valence-corrected chi connectivity index (χ2v) is 5.33. The van der Waals surface area contributed by atoms with Crippen LogP contribution < -0.4 is 5.32 Å². The van der Waals surface area contributed by atoms with Gasteiger partial charge in [0.1, 0.15) is 11.5 Å². The molecule has 0 radical (unpaired) electrons. The Morgan fingerprint density at radius 2 is 2.05 bits per heavy atom. The molecule has 0 aliphatic heterocycles. The van der Waals surface area contributed by atoms with Crippen LogP contribution in [0.1, 0.15) is 32.1 Å². The molecule has 1 saturated carbocycles. The molecule has 104 valence electrons. The van der Waals surface area contributed by atoms with Crippen LogP contribution in [0.4, 0.5) is 15.8 Å². The van der Waals surface area contributed by atoms with Crippen LogP contribution in [0.5, 0.6) is 0 Å². The van der Waals surface area contributed by atoms with E-state index in [2.05, 4.69) is 5.32 Å². The van der Waals surface area contributed by atoms with E-state index in [-0.39, 0.29) is 16.4 Å². The first kappa shape index (κ1) is 14.1. The minimum atomic E-state index is -0.640. The number of nitrogens with zero attached hydrogens (tertiary/aromatic N) is 1. The molecule has 1 aliphatic rings. The molecule has 1 aromatic carbocycles. The zero-order chi connectivity index (χ0) is 13.8. The lowest BCUT2D eigenvalue weighted by Gasteiger charge is -2.22. The number of nitrogens with one attached hydrogen (secondary N) is 1. The van der Waals surface area contributed by atoms with Crippen molar-refractivity contribution in [2.75, 3.05) is 11.9 Å². The molecular formula is C13H16ClFN2O2. The van der Waals surface area contributed by atoms with Crippen molar-refractivity contribution in [1.29, 1.82) is 0 Å². The molecule has 6 heteroatoms. The maximum atomic E-state index is 13.4. The number of nitro groups is 1. The highest BCUT2D eigenvalue weighted by atomic mass is 35.5. The molecule has 0 bridgehead atoms. The van der Waals surface area contributed by atoms with E-state index >= 15 is 0 Å². The molecule has 1 aliphatic carbocycles. The van der Waals surface area contributed by atoms with E-state index in [9.17, 15) is 14.5 Å². The van der Waals surface area contributed by atoms with Gasteiger partial charge in [0.05, 0.1) is 9.95 Å². The van der Waals surface area contributed by atoms with Gasteiger partial charge in [-0.3, -0.25) is 10.1 Å². The van der Waals surface area contributed by atoms with Crippen LogP contribution in [0, 0.1) is 21.8 Å². The van der Waals surface area contributed by atoms with Crippen LogP contribution in [0.2, 0.25) is 5.02 Å². The Kier molecular flexibility index (Phi) is 4.58. The van der Waals surface area contributed by atoms with E-state index < -0.39 is 10.7 Å². The molecule has 19 heavy (non-hydrogen) atoms. The fourth-order valence-electron chi connectivity index (χ4n) is 2.47. The van der Waals surface area contributed by atoms with Crippen LogP contribution in [0.25, 0.3) is 0 Å². The molecule has 1 N–H and O–H groups in total. The molecule has 0 spiro atoms. The van der Waals surface area contributed by atoms with Crippen LogP contribution in [0.15, 0.2) is 12.1 Å². The zero-order valence-corrected chi connectivity index (χ0v) is 11.3. The van der Waals surface area contributed by atoms with Crippen LogP contribution in [-0.4, -0.2) is 11.5 Å². The van der Waals surface area contributed by atoms with E-state index in [0.717, 1.165) is 25.0 Å². The molecule has 0 unspecified atom stereocenters. The van der Waals surface area contributed by atoms with Gasteiger partial charge in [0.15, 0.2) is 0 Å². The lowest BCUT2D eigenvalue weighted by Crippen LogP contribution is -2.17. The maximum absolute atomic E-state index is 13.4. The van der Waals surface area contributed by atoms with Gasteiger partial charge in [-0.1, -0.05) is 30.9 Å². The lowest BCUT2D eigenvalue weighted by molar-refractivity contribution is -0.384. The Morgan fingerprint density at radius 1 is 1.37 bits per heavy atom. The number of halogens is 2. The minimum absolute atomic E-state index is 0.179. The van der Waals surface area contributed by atoms with Crippen molar-refractivity contribution < 1.29 is 9.31 Å². The Balaban J connectivity index is 2.09. The molecule has 0 atom stereocenters. The van der Waals surface area contributed by atoms with Crippen molar-refractivity contribution >= 4 is 23.0 Å². The molecule has 0 heterocycles. The number of benzene rings is 1. The average molecular weight is 287 g/mol. The predicted octanol–water partition coefficient (Wildman–Crippen LogP) is 4.38. The number of anilines is 1. The third-order valence-corrected chi connectivity index (χ3v) is 3.83. The second-order valence-electron chi connectivity index (χ2n) is 4.93. The molecule has 1 aromatic rings. The number of hydrogen-bond donors (Lipinski definition) is 1. The van der Waals surface area contributed by atoms with Crippen LogP contribution in [0.3, 0.4) is 0 Å². The normalized spacial score (nSPS) is 16.3. The third kappa shape index (κ3) is 3.56. The smallest absolute Gasteiger partial charge is 0.294 e. The molecular weight excluding hydrogens is 271 g/mol. The molecule has 0 amide bonds. The summed E-state index contributed by atoms with van der Waals surface area (Å²) in [6, 6.07) is 2.16. The summed E-state index contributed by atoms with van der Waals surface area (Å²) in [5.74, 6) is -0.134. The van der Waals surface area contributed by atoms with Crippen LogP contribution in [-0.2, 0) is 0 Å². The van der Waals surface area contributed by atoms with Crippen molar-refractivity contribution in [2.24, 2.45) is 5.92 Å². The number of nitro benzene ring substituents is 1. The highest BCUT2D eigenvalue weighted by Crippen LogP contribution is 2.31. The van der Waals surface area contributed by atoms with Crippen LogP contribution >= 0.6 is 11.6 Å². The molecule has 4 nitrogen and oxygen atoms in total. The van der Waals surface area contributed by atoms with Crippen molar-refractivity contribution in [3.8, 4) is 0 Å². The van der Waals surface area contributed by atoms with E-state index in [1.165, 1.54) is 19.3 Å². The lowest BCUT2D eigenvalue weighted by atomic mass is 9.89. The predicted molar refractivity (Wildman–Crippen MR) is 73.1 cm³/mol. The number of hydrogen-bond acceptors (Lipinski definition) is 3. The van der Waals surface area contributed by atoms with Gasteiger partial charge in [-0.15, -0.1) is 0 Å². The fourth-order valence-corrected chi connectivity index (χ4v) is 2.63. The summed E-state index contributed by atoms with van der Waals surface area (Å²) in [6.45, 7) is 0.641. The molecule has 0 saturated heterocycles. The quantitative estimate of drug-likeness (QED) is 0.660. The molecule has 2 rings (SSSR count). The zero-order valence-electron chi connectivity index (χ0n) is 10.5. The first-order valence-corrected chi connectivity index (χ1v) is 6.83. The summed E-state index contributed by atoms with van der Waals surface area (Å²) in [5, 5.41) is 13.7. The molecule has 1 fully saturated rings.